The lowest BCUT2D eigenvalue weighted by Gasteiger charge is -2.16. The Morgan fingerprint density at radius 2 is 1.91 bits per heavy atom. The van der Waals surface area contributed by atoms with Gasteiger partial charge in [-0.3, -0.25) is 9.52 Å². The maximum Gasteiger partial charge on any atom is 0.573 e. The highest BCUT2D eigenvalue weighted by Gasteiger charge is 2.33. The zero-order chi connectivity index (χ0) is 23.5. The average Bonchev–Trinajstić information content (AvgIpc) is 3.51. The SMILES string of the molecule is CCOc1cc(NC(=O)[C@@H](N)C2CC2)ccc1S(=O)(=O)Nc1cccc(OC(F)(F)F)c1. The summed E-state index contributed by atoms with van der Waals surface area (Å²) in [5.74, 6) is -0.860. The molecule has 0 aromatic heterocycles. The van der Waals surface area contributed by atoms with Crippen LogP contribution in [0, 0.1) is 5.92 Å². The number of anilines is 2. The van der Waals surface area contributed by atoms with Gasteiger partial charge in [-0.25, -0.2) is 8.42 Å². The van der Waals surface area contributed by atoms with E-state index in [0.29, 0.717) is 5.69 Å². The Hall–Kier alpha value is -2.99. The molecule has 2 aromatic carbocycles. The van der Waals surface area contributed by atoms with E-state index >= 15 is 0 Å². The van der Waals surface area contributed by atoms with Crippen LogP contribution in [-0.4, -0.2) is 33.3 Å². The summed E-state index contributed by atoms with van der Waals surface area (Å²) in [6.07, 6.45) is -3.14. The van der Waals surface area contributed by atoms with Gasteiger partial charge in [0.1, 0.15) is 16.4 Å². The number of hydrogen-bond acceptors (Lipinski definition) is 6. The number of benzene rings is 2. The summed E-state index contributed by atoms with van der Waals surface area (Å²) < 4.78 is 74.4. The third-order valence-electron chi connectivity index (χ3n) is 4.55. The van der Waals surface area contributed by atoms with Crippen LogP contribution >= 0.6 is 0 Å². The lowest BCUT2D eigenvalue weighted by atomic mass is 10.2. The summed E-state index contributed by atoms with van der Waals surface area (Å²) in [5.41, 5.74) is 6.04. The van der Waals surface area contributed by atoms with Gasteiger partial charge in [0, 0.05) is 17.8 Å². The van der Waals surface area contributed by atoms with Crippen molar-refractivity contribution in [1.82, 2.24) is 0 Å². The number of alkyl halides is 3. The molecule has 0 saturated heterocycles. The fraction of sp³-hybridized carbons (Fsp3) is 0.350. The molecule has 1 aliphatic rings. The third-order valence-corrected chi connectivity index (χ3v) is 5.97. The number of nitrogens with two attached hydrogens (primary N) is 1. The number of amides is 1. The predicted octanol–water partition coefficient (Wildman–Crippen LogP) is 3.46. The molecule has 2 aromatic rings. The van der Waals surface area contributed by atoms with Gasteiger partial charge < -0.3 is 20.5 Å². The maximum absolute atomic E-state index is 12.9. The minimum Gasteiger partial charge on any atom is -0.492 e. The van der Waals surface area contributed by atoms with Crippen LogP contribution in [0.5, 0.6) is 11.5 Å². The maximum atomic E-state index is 12.9. The second kappa shape index (κ2) is 9.25. The molecule has 8 nitrogen and oxygen atoms in total. The van der Waals surface area contributed by atoms with Crippen molar-refractivity contribution in [3.8, 4) is 11.5 Å². The monoisotopic (exact) mass is 473 g/mol. The molecule has 0 spiro atoms. The lowest BCUT2D eigenvalue weighted by Crippen LogP contribution is -2.37. The zero-order valence-electron chi connectivity index (χ0n) is 17.0. The first-order chi connectivity index (χ1) is 15.0. The minimum absolute atomic E-state index is 0.0412. The Balaban J connectivity index is 1.82. The molecule has 1 atom stereocenters. The van der Waals surface area contributed by atoms with Gasteiger partial charge in [0.15, 0.2) is 0 Å². The molecule has 3 rings (SSSR count). The molecule has 1 aliphatic carbocycles. The average molecular weight is 473 g/mol. The highest BCUT2D eigenvalue weighted by atomic mass is 32.2. The van der Waals surface area contributed by atoms with Gasteiger partial charge in [0.25, 0.3) is 10.0 Å². The zero-order valence-corrected chi connectivity index (χ0v) is 17.8. The summed E-state index contributed by atoms with van der Waals surface area (Å²) >= 11 is 0. The second-order valence-corrected chi connectivity index (χ2v) is 8.78. The number of rotatable bonds is 9. The fourth-order valence-corrected chi connectivity index (χ4v) is 4.12. The Kier molecular flexibility index (Phi) is 6.84. The summed E-state index contributed by atoms with van der Waals surface area (Å²) in [6.45, 7) is 1.78. The molecule has 0 heterocycles. The first kappa shape index (κ1) is 23.7. The summed E-state index contributed by atoms with van der Waals surface area (Å²) in [6, 6.07) is 7.72. The van der Waals surface area contributed by atoms with Crippen LogP contribution in [0.3, 0.4) is 0 Å². The van der Waals surface area contributed by atoms with E-state index in [2.05, 4.69) is 14.8 Å². The van der Waals surface area contributed by atoms with Gasteiger partial charge in [0.05, 0.1) is 18.3 Å². The molecule has 0 bridgehead atoms. The smallest absolute Gasteiger partial charge is 0.492 e. The summed E-state index contributed by atoms with van der Waals surface area (Å²) in [4.78, 5) is 12.0. The Labute approximate surface area is 182 Å². The lowest BCUT2D eigenvalue weighted by molar-refractivity contribution is -0.274. The van der Waals surface area contributed by atoms with Crippen molar-refractivity contribution in [2.24, 2.45) is 11.7 Å². The van der Waals surface area contributed by atoms with Crippen LogP contribution in [0.15, 0.2) is 47.4 Å². The van der Waals surface area contributed by atoms with Crippen LogP contribution in [0.1, 0.15) is 19.8 Å². The molecule has 1 saturated carbocycles. The van der Waals surface area contributed by atoms with E-state index in [4.69, 9.17) is 10.5 Å². The van der Waals surface area contributed by atoms with Crippen LogP contribution in [0.2, 0.25) is 0 Å². The Morgan fingerprint density at radius 3 is 2.53 bits per heavy atom. The molecule has 12 heteroatoms. The van der Waals surface area contributed by atoms with Gasteiger partial charge in [-0.2, -0.15) is 0 Å². The number of carbonyl (C=O) groups is 1. The number of halogens is 3. The number of nitrogens with one attached hydrogen (secondary N) is 2. The van der Waals surface area contributed by atoms with E-state index in [0.717, 1.165) is 25.0 Å². The third kappa shape index (κ3) is 6.26. The van der Waals surface area contributed by atoms with Crippen molar-refractivity contribution in [2.75, 3.05) is 16.6 Å². The molecule has 0 aliphatic heterocycles. The highest BCUT2D eigenvalue weighted by Crippen LogP contribution is 2.33. The van der Waals surface area contributed by atoms with E-state index in [1.807, 2.05) is 0 Å². The number of ether oxygens (including phenoxy) is 2. The van der Waals surface area contributed by atoms with Gasteiger partial charge in [0.2, 0.25) is 5.91 Å². The molecule has 0 radical (unpaired) electrons. The van der Waals surface area contributed by atoms with Crippen molar-refractivity contribution >= 4 is 27.3 Å². The largest absolute Gasteiger partial charge is 0.573 e. The highest BCUT2D eigenvalue weighted by molar-refractivity contribution is 7.92. The van der Waals surface area contributed by atoms with E-state index < -0.39 is 28.2 Å². The van der Waals surface area contributed by atoms with Crippen LogP contribution in [-0.2, 0) is 14.8 Å². The minimum atomic E-state index is -4.91. The van der Waals surface area contributed by atoms with Gasteiger partial charge >= 0.3 is 6.36 Å². The van der Waals surface area contributed by atoms with Crippen LogP contribution in [0.25, 0.3) is 0 Å². The number of carbonyl (C=O) groups excluding carboxylic acids is 1. The summed E-state index contributed by atoms with van der Waals surface area (Å²) in [7, 11) is -4.24. The Bertz CT molecular complexity index is 1090. The van der Waals surface area contributed by atoms with E-state index in [9.17, 15) is 26.4 Å². The number of hydrogen-bond donors (Lipinski definition) is 3. The molecule has 1 amide bonds. The normalized spacial score (nSPS) is 15.0. The van der Waals surface area contributed by atoms with Gasteiger partial charge in [-0.05, 0) is 49.9 Å². The quantitative estimate of drug-likeness (QED) is 0.513. The fourth-order valence-electron chi connectivity index (χ4n) is 2.94. The summed E-state index contributed by atoms with van der Waals surface area (Å²) in [5, 5.41) is 2.64. The Morgan fingerprint density at radius 1 is 1.19 bits per heavy atom. The van der Waals surface area contributed by atoms with E-state index in [1.165, 1.54) is 30.3 Å². The molecule has 1 fully saturated rings. The standard InChI is InChI=1S/C20H22F3N3O5S/c1-2-30-16-11-13(25-19(27)18(24)12-6-7-12)8-9-17(16)32(28,29)26-14-4-3-5-15(10-14)31-20(21,22)23/h3-5,8-12,18,26H,2,6-7,24H2,1H3,(H,25,27)/t18-/m0/s1. The molecule has 0 unspecified atom stereocenters. The van der Waals surface area contributed by atoms with Gasteiger partial charge in [-0.1, -0.05) is 6.07 Å². The number of sulfonamides is 1. The molecule has 174 valence electrons. The van der Waals surface area contributed by atoms with Crippen molar-refractivity contribution in [3.63, 3.8) is 0 Å². The second-order valence-electron chi connectivity index (χ2n) is 7.13. The molecule has 4 N–H and O–H groups in total. The van der Waals surface area contributed by atoms with Crippen molar-refractivity contribution < 1.29 is 35.9 Å². The van der Waals surface area contributed by atoms with Crippen molar-refractivity contribution in [2.45, 2.75) is 37.1 Å². The van der Waals surface area contributed by atoms with Crippen molar-refractivity contribution in [1.29, 1.82) is 0 Å². The molecular weight excluding hydrogens is 451 g/mol. The first-order valence-electron chi connectivity index (χ1n) is 9.70. The predicted molar refractivity (Wildman–Crippen MR) is 111 cm³/mol. The van der Waals surface area contributed by atoms with E-state index in [1.54, 1.807) is 6.92 Å². The topological polar surface area (TPSA) is 120 Å². The first-order valence-corrected chi connectivity index (χ1v) is 11.2. The van der Waals surface area contributed by atoms with E-state index in [-0.39, 0.29) is 34.8 Å². The van der Waals surface area contributed by atoms with Crippen LogP contribution in [0.4, 0.5) is 24.5 Å². The van der Waals surface area contributed by atoms with Crippen LogP contribution < -0.4 is 25.2 Å². The molecular formula is C20H22F3N3O5S. The van der Waals surface area contributed by atoms with Gasteiger partial charge in [-0.15, -0.1) is 13.2 Å². The van der Waals surface area contributed by atoms with Crippen molar-refractivity contribution in [3.05, 3.63) is 42.5 Å². The molecule has 32 heavy (non-hydrogen) atoms.